The third-order valence-electron chi connectivity index (χ3n) is 3.50. The Morgan fingerprint density at radius 1 is 1.15 bits per heavy atom. The van der Waals surface area contributed by atoms with Crippen LogP contribution in [0.2, 0.25) is 10.0 Å². The SMILES string of the molecule is CCc1cccc(C(C)(N)c2cc(F)c(Cl)cc2Cl)c1. The van der Waals surface area contributed by atoms with Crippen molar-refractivity contribution in [2.24, 2.45) is 5.73 Å². The predicted octanol–water partition coefficient (Wildman–Crippen LogP) is 4.92. The number of hydrogen-bond donors (Lipinski definition) is 1. The highest BCUT2D eigenvalue weighted by atomic mass is 35.5. The Balaban J connectivity index is 2.56. The molecule has 0 saturated carbocycles. The van der Waals surface area contributed by atoms with Crippen LogP contribution in [0.1, 0.15) is 30.5 Å². The van der Waals surface area contributed by atoms with Gasteiger partial charge in [0.05, 0.1) is 10.6 Å². The van der Waals surface area contributed by atoms with E-state index in [2.05, 4.69) is 6.92 Å². The lowest BCUT2D eigenvalue weighted by atomic mass is 9.84. The average molecular weight is 312 g/mol. The van der Waals surface area contributed by atoms with E-state index in [0.29, 0.717) is 10.6 Å². The third kappa shape index (κ3) is 2.83. The van der Waals surface area contributed by atoms with Crippen LogP contribution < -0.4 is 5.73 Å². The zero-order chi connectivity index (χ0) is 14.9. The molecule has 0 aliphatic carbocycles. The second kappa shape index (κ2) is 5.72. The first-order valence-corrected chi connectivity index (χ1v) is 7.15. The molecule has 0 heterocycles. The highest BCUT2D eigenvalue weighted by Gasteiger charge is 2.27. The van der Waals surface area contributed by atoms with Crippen molar-refractivity contribution < 1.29 is 4.39 Å². The number of aryl methyl sites for hydroxylation is 1. The largest absolute Gasteiger partial charge is 0.318 e. The van der Waals surface area contributed by atoms with E-state index in [1.807, 2.05) is 31.2 Å². The van der Waals surface area contributed by atoms with Crippen molar-refractivity contribution >= 4 is 23.2 Å². The van der Waals surface area contributed by atoms with E-state index in [-0.39, 0.29) is 5.02 Å². The molecule has 0 aliphatic heterocycles. The van der Waals surface area contributed by atoms with E-state index in [1.54, 1.807) is 0 Å². The quantitative estimate of drug-likeness (QED) is 0.800. The lowest BCUT2D eigenvalue weighted by Gasteiger charge is -2.27. The first kappa shape index (κ1) is 15.3. The van der Waals surface area contributed by atoms with Gasteiger partial charge in [0.15, 0.2) is 0 Å². The average Bonchev–Trinajstić information content (AvgIpc) is 2.42. The summed E-state index contributed by atoms with van der Waals surface area (Å²) in [5.41, 5.74) is 8.11. The van der Waals surface area contributed by atoms with Crippen LogP contribution in [0.15, 0.2) is 36.4 Å². The van der Waals surface area contributed by atoms with Gasteiger partial charge in [-0.05, 0) is 42.2 Å². The molecule has 2 aromatic carbocycles. The summed E-state index contributed by atoms with van der Waals surface area (Å²) < 4.78 is 13.7. The molecule has 4 heteroatoms. The Morgan fingerprint density at radius 3 is 2.50 bits per heavy atom. The summed E-state index contributed by atoms with van der Waals surface area (Å²) in [7, 11) is 0. The van der Waals surface area contributed by atoms with Crippen molar-refractivity contribution in [3.8, 4) is 0 Å². The molecule has 20 heavy (non-hydrogen) atoms. The van der Waals surface area contributed by atoms with Crippen LogP contribution in [-0.2, 0) is 12.0 Å². The summed E-state index contributed by atoms with van der Waals surface area (Å²) >= 11 is 11.9. The van der Waals surface area contributed by atoms with E-state index >= 15 is 0 Å². The zero-order valence-corrected chi connectivity index (χ0v) is 12.9. The highest BCUT2D eigenvalue weighted by molar-refractivity contribution is 6.35. The first-order valence-electron chi connectivity index (χ1n) is 6.39. The summed E-state index contributed by atoms with van der Waals surface area (Å²) in [5.74, 6) is -0.519. The lowest BCUT2D eigenvalue weighted by molar-refractivity contribution is 0.581. The van der Waals surface area contributed by atoms with Gasteiger partial charge in [-0.1, -0.05) is 54.4 Å². The van der Waals surface area contributed by atoms with Gasteiger partial charge in [-0.2, -0.15) is 0 Å². The maximum atomic E-state index is 13.7. The van der Waals surface area contributed by atoms with Gasteiger partial charge in [-0.3, -0.25) is 0 Å². The van der Waals surface area contributed by atoms with Crippen molar-refractivity contribution in [1.29, 1.82) is 0 Å². The second-order valence-electron chi connectivity index (χ2n) is 5.00. The minimum absolute atomic E-state index is 0.00291. The van der Waals surface area contributed by atoms with Crippen LogP contribution >= 0.6 is 23.2 Å². The molecular weight excluding hydrogens is 296 g/mol. The summed E-state index contributed by atoms with van der Waals surface area (Å²) in [5, 5.41) is 0.361. The topological polar surface area (TPSA) is 26.0 Å². The Hall–Kier alpha value is -1.09. The first-order chi connectivity index (χ1) is 9.36. The molecule has 0 radical (unpaired) electrons. The Morgan fingerprint density at radius 2 is 1.85 bits per heavy atom. The van der Waals surface area contributed by atoms with Crippen LogP contribution in [0.3, 0.4) is 0 Å². The molecule has 0 saturated heterocycles. The molecule has 0 spiro atoms. The second-order valence-corrected chi connectivity index (χ2v) is 5.82. The number of halogens is 3. The van der Waals surface area contributed by atoms with E-state index in [9.17, 15) is 4.39 Å². The molecular formula is C16H16Cl2FN. The molecule has 106 valence electrons. The fourth-order valence-electron chi connectivity index (χ4n) is 2.19. The molecule has 0 fully saturated rings. The monoisotopic (exact) mass is 311 g/mol. The Bertz CT molecular complexity index is 638. The minimum Gasteiger partial charge on any atom is -0.318 e. The van der Waals surface area contributed by atoms with Gasteiger partial charge >= 0.3 is 0 Å². The van der Waals surface area contributed by atoms with Gasteiger partial charge in [0.1, 0.15) is 5.82 Å². The van der Waals surface area contributed by atoms with Crippen LogP contribution in [0.25, 0.3) is 0 Å². The van der Waals surface area contributed by atoms with Crippen molar-refractivity contribution in [3.63, 3.8) is 0 Å². The standard InChI is InChI=1S/C16H16Cl2FN/c1-3-10-5-4-6-11(7-10)16(2,20)12-8-15(19)14(18)9-13(12)17/h4-9H,3,20H2,1-2H3. The molecule has 0 aliphatic rings. The van der Waals surface area contributed by atoms with Crippen LogP contribution in [0.4, 0.5) is 4.39 Å². The molecule has 0 bridgehead atoms. The van der Waals surface area contributed by atoms with E-state index in [4.69, 9.17) is 28.9 Å². The highest BCUT2D eigenvalue weighted by Crippen LogP contribution is 2.35. The van der Waals surface area contributed by atoms with Gasteiger partial charge in [0, 0.05) is 5.02 Å². The molecule has 0 aromatic heterocycles. The van der Waals surface area contributed by atoms with Crippen LogP contribution in [0.5, 0.6) is 0 Å². The van der Waals surface area contributed by atoms with Gasteiger partial charge in [-0.15, -0.1) is 0 Å². The fourth-order valence-corrected chi connectivity index (χ4v) is 2.77. The lowest BCUT2D eigenvalue weighted by Crippen LogP contribution is -2.35. The van der Waals surface area contributed by atoms with Gasteiger partial charge in [0.25, 0.3) is 0 Å². The summed E-state index contributed by atoms with van der Waals surface area (Å²) in [6.07, 6.45) is 0.909. The smallest absolute Gasteiger partial charge is 0.142 e. The molecule has 2 N–H and O–H groups in total. The molecule has 1 atom stereocenters. The van der Waals surface area contributed by atoms with E-state index in [0.717, 1.165) is 12.0 Å². The van der Waals surface area contributed by atoms with Crippen LogP contribution in [0, 0.1) is 5.82 Å². The number of rotatable bonds is 3. The predicted molar refractivity (Wildman–Crippen MR) is 82.9 cm³/mol. The maximum absolute atomic E-state index is 13.7. The molecule has 2 rings (SSSR count). The van der Waals surface area contributed by atoms with Crippen molar-refractivity contribution in [1.82, 2.24) is 0 Å². The third-order valence-corrected chi connectivity index (χ3v) is 4.11. The van der Waals surface area contributed by atoms with Crippen LogP contribution in [-0.4, -0.2) is 0 Å². The normalized spacial score (nSPS) is 14.1. The van der Waals surface area contributed by atoms with E-state index in [1.165, 1.54) is 17.7 Å². The Kier molecular flexibility index (Phi) is 4.38. The summed E-state index contributed by atoms with van der Waals surface area (Å²) in [6.45, 7) is 3.89. The zero-order valence-electron chi connectivity index (χ0n) is 11.4. The van der Waals surface area contributed by atoms with Gasteiger partial charge in [0.2, 0.25) is 0 Å². The van der Waals surface area contributed by atoms with Gasteiger partial charge in [-0.25, -0.2) is 4.39 Å². The maximum Gasteiger partial charge on any atom is 0.142 e. The molecule has 0 amide bonds. The van der Waals surface area contributed by atoms with E-state index < -0.39 is 11.4 Å². The summed E-state index contributed by atoms with van der Waals surface area (Å²) in [4.78, 5) is 0. The number of nitrogens with two attached hydrogens (primary N) is 1. The van der Waals surface area contributed by atoms with Crippen molar-refractivity contribution in [2.75, 3.05) is 0 Å². The Labute approximate surface area is 128 Å². The minimum atomic E-state index is -0.881. The fraction of sp³-hybridized carbons (Fsp3) is 0.250. The van der Waals surface area contributed by atoms with Crippen molar-refractivity contribution in [3.05, 3.63) is 69.0 Å². The van der Waals surface area contributed by atoms with Crippen molar-refractivity contribution in [2.45, 2.75) is 25.8 Å². The molecule has 2 aromatic rings. The molecule has 1 unspecified atom stereocenters. The number of hydrogen-bond acceptors (Lipinski definition) is 1. The number of benzene rings is 2. The van der Waals surface area contributed by atoms with Gasteiger partial charge < -0.3 is 5.73 Å². The summed E-state index contributed by atoms with van der Waals surface area (Å²) in [6, 6.07) is 10.6. The molecule has 1 nitrogen and oxygen atoms in total.